The summed E-state index contributed by atoms with van der Waals surface area (Å²) in [6.07, 6.45) is 2.14. The van der Waals surface area contributed by atoms with Crippen LogP contribution >= 0.6 is 0 Å². The Morgan fingerprint density at radius 2 is 1.84 bits per heavy atom. The number of amides is 1. The molecular weight excluding hydrogens is 430 g/mol. The standard InChI is InChI=1S/C23H27N3O5S/c1-4-31-17-7-5-16(6-8-17)26-32(29,30)18-9-10-21-19(13-18)22(27)20(14-25-21)23(28)24-12-11-15(2)3/h5-10,13-15,26H,4,11-12H2,1-3H3,(H,24,28)(H,25,27). The number of ether oxygens (including phenoxy) is 1. The lowest BCUT2D eigenvalue weighted by Gasteiger charge is -2.11. The van der Waals surface area contributed by atoms with Gasteiger partial charge in [0, 0.05) is 29.3 Å². The Morgan fingerprint density at radius 3 is 2.50 bits per heavy atom. The number of aromatic amines is 1. The smallest absolute Gasteiger partial charge is 0.261 e. The molecule has 1 heterocycles. The minimum absolute atomic E-state index is 0.0599. The molecular formula is C23H27N3O5S. The van der Waals surface area contributed by atoms with Crippen molar-refractivity contribution in [3.63, 3.8) is 0 Å². The fourth-order valence-electron chi connectivity index (χ4n) is 3.10. The third-order valence-corrected chi connectivity index (χ3v) is 6.21. The second-order valence-corrected chi connectivity index (χ2v) is 9.42. The van der Waals surface area contributed by atoms with E-state index in [1.54, 1.807) is 24.3 Å². The first-order valence-corrected chi connectivity index (χ1v) is 11.9. The molecule has 0 aliphatic carbocycles. The molecule has 32 heavy (non-hydrogen) atoms. The first kappa shape index (κ1) is 23.3. The van der Waals surface area contributed by atoms with Gasteiger partial charge in [0.05, 0.1) is 11.5 Å². The molecule has 3 aromatic rings. The Balaban J connectivity index is 1.87. The highest BCUT2D eigenvalue weighted by molar-refractivity contribution is 7.92. The number of pyridine rings is 1. The number of sulfonamides is 1. The van der Waals surface area contributed by atoms with Crippen molar-refractivity contribution in [1.29, 1.82) is 0 Å². The maximum absolute atomic E-state index is 12.9. The highest BCUT2D eigenvalue weighted by atomic mass is 32.2. The molecule has 8 nitrogen and oxygen atoms in total. The molecule has 9 heteroatoms. The van der Waals surface area contributed by atoms with E-state index in [2.05, 4.69) is 15.0 Å². The lowest BCUT2D eigenvalue weighted by atomic mass is 10.1. The van der Waals surface area contributed by atoms with E-state index in [9.17, 15) is 18.0 Å². The van der Waals surface area contributed by atoms with Crippen LogP contribution in [0.4, 0.5) is 5.69 Å². The van der Waals surface area contributed by atoms with Crippen molar-refractivity contribution in [3.8, 4) is 5.75 Å². The predicted molar refractivity (Wildman–Crippen MR) is 125 cm³/mol. The van der Waals surface area contributed by atoms with Crippen LogP contribution in [0.15, 0.2) is 58.4 Å². The Bertz CT molecular complexity index is 1270. The monoisotopic (exact) mass is 457 g/mol. The highest BCUT2D eigenvalue weighted by Crippen LogP contribution is 2.21. The number of H-pyrrole nitrogens is 1. The van der Waals surface area contributed by atoms with Gasteiger partial charge in [-0.15, -0.1) is 0 Å². The third-order valence-electron chi connectivity index (χ3n) is 4.83. The zero-order valence-corrected chi connectivity index (χ0v) is 19.1. The van der Waals surface area contributed by atoms with Gasteiger partial charge in [-0.1, -0.05) is 13.8 Å². The summed E-state index contributed by atoms with van der Waals surface area (Å²) in [4.78, 5) is 28.1. The first-order valence-electron chi connectivity index (χ1n) is 10.4. The zero-order valence-electron chi connectivity index (χ0n) is 18.3. The molecule has 1 amide bonds. The molecule has 0 atom stereocenters. The van der Waals surface area contributed by atoms with Crippen LogP contribution in [0.25, 0.3) is 10.9 Å². The fraction of sp³-hybridized carbons (Fsp3) is 0.304. The maximum atomic E-state index is 12.9. The van der Waals surface area contributed by atoms with Gasteiger partial charge in [-0.2, -0.15) is 0 Å². The Hall–Kier alpha value is -3.33. The van der Waals surface area contributed by atoms with E-state index in [4.69, 9.17) is 4.74 Å². The Labute approximate surface area is 187 Å². The van der Waals surface area contributed by atoms with E-state index in [-0.39, 0.29) is 15.8 Å². The van der Waals surface area contributed by atoms with Gasteiger partial charge in [0.2, 0.25) is 5.43 Å². The largest absolute Gasteiger partial charge is 0.494 e. The van der Waals surface area contributed by atoms with Gasteiger partial charge in [-0.25, -0.2) is 8.42 Å². The predicted octanol–water partition coefficient (Wildman–Crippen LogP) is 3.50. The number of benzene rings is 2. The van der Waals surface area contributed by atoms with Crippen molar-refractivity contribution in [2.45, 2.75) is 32.1 Å². The average Bonchev–Trinajstić information content (AvgIpc) is 2.75. The van der Waals surface area contributed by atoms with Crippen molar-refractivity contribution in [1.82, 2.24) is 10.3 Å². The summed E-state index contributed by atoms with van der Waals surface area (Å²) in [5.41, 5.74) is 0.212. The van der Waals surface area contributed by atoms with Gasteiger partial charge >= 0.3 is 0 Å². The minimum atomic E-state index is -3.95. The summed E-state index contributed by atoms with van der Waals surface area (Å²) in [6, 6.07) is 10.7. The second-order valence-electron chi connectivity index (χ2n) is 7.74. The van der Waals surface area contributed by atoms with Crippen molar-refractivity contribution in [3.05, 3.63) is 64.4 Å². The lowest BCUT2D eigenvalue weighted by molar-refractivity contribution is 0.0951. The van der Waals surface area contributed by atoms with Crippen LogP contribution in [-0.4, -0.2) is 32.5 Å². The van der Waals surface area contributed by atoms with Gasteiger partial charge in [0.1, 0.15) is 11.3 Å². The molecule has 3 rings (SSSR count). The van der Waals surface area contributed by atoms with Crippen LogP contribution in [0, 0.1) is 5.92 Å². The fourth-order valence-corrected chi connectivity index (χ4v) is 4.19. The van der Waals surface area contributed by atoms with Crippen molar-refractivity contribution >= 4 is 32.5 Å². The molecule has 2 aromatic carbocycles. The number of carbonyl (C=O) groups is 1. The summed E-state index contributed by atoms with van der Waals surface area (Å²) < 4.78 is 33.6. The van der Waals surface area contributed by atoms with Gasteiger partial charge in [-0.05, 0) is 61.7 Å². The second kappa shape index (κ2) is 9.86. The Morgan fingerprint density at radius 1 is 1.12 bits per heavy atom. The van der Waals surface area contributed by atoms with Gasteiger partial charge in [0.15, 0.2) is 0 Å². The average molecular weight is 458 g/mol. The van der Waals surface area contributed by atoms with E-state index in [1.165, 1.54) is 24.4 Å². The minimum Gasteiger partial charge on any atom is -0.494 e. The van der Waals surface area contributed by atoms with Gasteiger partial charge in [0.25, 0.3) is 15.9 Å². The van der Waals surface area contributed by atoms with Crippen LogP contribution in [0.2, 0.25) is 0 Å². The molecule has 3 N–H and O–H groups in total. The Kier molecular flexibility index (Phi) is 7.19. The molecule has 1 aromatic heterocycles. The number of rotatable bonds is 9. The third kappa shape index (κ3) is 5.47. The maximum Gasteiger partial charge on any atom is 0.261 e. The van der Waals surface area contributed by atoms with Crippen molar-refractivity contribution < 1.29 is 17.9 Å². The van der Waals surface area contributed by atoms with E-state index in [0.29, 0.717) is 36.0 Å². The number of aromatic nitrogens is 1. The highest BCUT2D eigenvalue weighted by Gasteiger charge is 2.18. The van der Waals surface area contributed by atoms with E-state index in [1.807, 2.05) is 20.8 Å². The van der Waals surface area contributed by atoms with Crippen LogP contribution < -0.4 is 20.2 Å². The van der Waals surface area contributed by atoms with Gasteiger partial charge < -0.3 is 15.0 Å². The number of carbonyl (C=O) groups excluding carboxylic acids is 1. The topological polar surface area (TPSA) is 117 Å². The summed E-state index contributed by atoms with van der Waals surface area (Å²) in [5.74, 6) is 0.558. The molecule has 0 spiro atoms. The van der Waals surface area contributed by atoms with Crippen LogP contribution in [0.1, 0.15) is 37.6 Å². The van der Waals surface area contributed by atoms with E-state index >= 15 is 0 Å². The van der Waals surface area contributed by atoms with E-state index in [0.717, 1.165) is 6.42 Å². The normalized spacial score (nSPS) is 11.5. The zero-order chi connectivity index (χ0) is 23.3. The molecule has 0 fully saturated rings. The summed E-state index contributed by atoms with van der Waals surface area (Å²) in [5, 5.41) is 2.85. The molecule has 170 valence electrons. The number of hydrogen-bond donors (Lipinski definition) is 3. The van der Waals surface area contributed by atoms with Crippen molar-refractivity contribution in [2.24, 2.45) is 5.92 Å². The number of hydrogen-bond acceptors (Lipinski definition) is 5. The molecule has 0 aliphatic rings. The molecule has 0 aliphatic heterocycles. The van der Waals surface area contributed by atoms with Crippen LogP contribution in [-0.2, 0) is 10.0 Å². The molecule has 0 bridgehead atoms. The molecule has 0 unspecified atom stereocenters. The summed E-state index contributed by atoms with van der Waals surface area (Å²) >= 11 is 0. The quantitative estimate of drug-likeness (QED) is 0.455. The number of fused-ring (bicyclic) bond motifs is 1. The van der Waals surface area contributed by atoms with Crippen LogP contribution in [0.3, 0.4) is 0 Å². The molecule has 0 saturated heterocycles. The molecule has 0 radical (unpaired) electrons. The SMILES string of the molecule is CCOc1ccc(NS(=O)(=O)c2ccc3[nH]cc(C(=O)NCCC(C)C)c(=O)c3c2)cc1. The van der Waals surface area contributed by atoms with Crippen LogP contribution in [0.5, 0.6) is 5.75 Å². The lowest BCUT2D eigenvalue weighted by Crippen LogP contribution is -2.30. The number of nitrogens with one attached hydrogen (secondary N) is 3. The van der Waals surface area contributed by atoms with Gasteiger partial charge in [-0.3, -0.25) is 14.3 Å². The molecule has 0 saturated carbocycles. The summed E-state index contributed by atoms with van der Waals surface area (Å²) in [6.45, 7) is 6.90. The summed E-state index contributed by atoms with van der Waals surface area (Å²) in [7, 11) is -3.95. The van der Waals surface area contributed by atoms with E-state index < -0.39 is 21.4 Å². The van der Waals surface area contributed by atoms with Crippen molar-refractivity contribution in [2.75, 3.05) is 17.9 Å². The first-order chi connectivity index (χ1) is 15.2. The number of anilines is 1.